The molecule has 2 atom stereocenters. The number of hydrogen-bond acceptors (Lipinski definition) is 7. The quantitative estimate of drug-likeness (QED) is 0.499. The zero-order valence-corrected chi connectivity index (χ0v) is 24.0. The second kappa shape index (κ2) is 12.3. The van der Waals surface area contributed by atoms with Crippen molar-refractivity contribution in [2.24, 2.45) is 11.8 Å². The largest absolute Gasteiger partial charge is 0.381 e. The van der Waals surface area contributed by atoms with Gasteiger partial charge in [0.05, 0.1) is 13.2 Å². The van der Waals surface area contributed by atoms with E-state index in [9.17, 15) is 0 Å². The number of ether oxygens (including phenoxy) is 2. The summed E-state index contributed by atoms with van der Waals surface area (Å²) in [6.45, 7) is 11.8. The van der Waals surface area contributed by atoms with Gasteiger partial charge in [0.25, 0.3) is 0 Å². The van der Waals surface area contributed by atoms with Gasteiger partial charge in [-0.1, -0.05) is 37.6 Å². The van der Waals surface area contributed by atoms with Gasteiger partial charge in [0.1, 0.15) is 11.6 Å². The number of morpholine rings is 1. The minimum atomic E-state index is -0.101. The van der Waals surface area contributed by atoms with E-state index in [4.69, 9.17) is 43.3 Å². The maximum Gasteiger partial charge on any atom is 0.232 e. The van der Waals surface area contributed by atoms with E-state index in [0.29, 0.717) is 42.7 Å². The van der Waals surface area contributed by atoms with E-state index in [1.54, 1.807) is 0 Å². The number of benzene rings is 1. The molecule has 10 heteroatoms. The normalized spacial score (nSPS) is 23.7. The number of anilines is 3. The lowest BCUT2D eigenvalue weighted by molar-refractivity contribution is 0.0515. The lowest BCUT2D eigenvalue weighted by Crippen LogP contribution is -2.46. The van der Waals surface area contributed by atoms with Gasteiger partial charge in [0.2, 0.25) is 5.95 Å². The molecule has 2 aromatic rings. The van der Waals surface area contributed by atoms with Crippen LogP contribution in [0.2, 0.25) is 5.02 Å². The number of nitrogens with zero attached hydrogens (tertiary/aromatic N) is 4. The Morgan fingerprint density at radius 3 is 2.34 bits per heavy atom. The Hall–Kier alpha value is -2.20. The third-order valence-corrected chi connectivity index (χ3v) is 8.41. The third-order valence-electron chi connectivity index (χ3n) is 7.93. The molecular weight excluding hydrogens is 520 g/mol. The summed E-state index contributed by atoms with van der Waals surface area (Å²) in [6, 6.07) is 10.3. The maximum atomic E-state index is 6.35. The number of halogens is 1. The van der Waals surface area contributed by atoms with Gasteiger partial charge in [0, 0.05) is 62.4 Å². The third kappa shape index (κ3) is 6.68. The molecule has 3 saturated heterocycles. The van der Waals surface area contributed by atoms with Crippen LogP contribution < -0.4 is 20.4 Å². The summed E-state index contributed by atoms with van der Waals surface area (Å²) in [4.78, 5) is 14.5. The molecule has 3 fully saturated rings. The van der Waals surface area contributed by atoms with E-state index in [-0.39, 0.29) is 5.41 Å². The molecule has 0 saturated carbocycles. The molecule has 0 aliphatic carbocycles. The summed E-state index contributed by atoms with van der Waals surface area (Å²) in [5.74, 6) is 3.64. The van der Waals surface area contributed by atoms with Crippen molar-refractivity contribution in [1.82, 2.24) is 15.3 Å². The summed E-state index contributed by atoms with van der Waals surface area (Å²) in [5, 5.41) is 8.03. The van der Waals surface area contributed by atoms with Gasteiger partial charge in [-0.15, -0.1) is 0 Å². The monoisotopic (exact) mass is 558 g/mol. The van der Waals surface area contributed by atoms with E-state index in [1.165, 1.54) is 12.0 Å². The topological polar surface area (TPSA) is 74.8 Å². The van der Waals surface area contributed by atoms with Crippen LogP contribution in [0, 0.1) is 11.8 Å². The number of nitrogens with one attached hydrogen (secondary N) is 2. The van der Waals surface area contributed by atoms with Crippen LogP contribution in [0.1, 0.15) is 38.7 Å². The van der Waals surface area contributed by atoms with Gasteiger partial charge < -0.3 is 29.9 Å². The van der Waals surface area contributed by atoms with Crippen molar-refractivity contribution in [2.45, 2.75) is 38.5 Å². The predicted octanol–water partition coefficient (Wildman–Crippen LogP) is 4.48. The molecule has 4 heterocycles. The highest BCUT2D eigenvalue weighted by molar-refractivity contribution is 7.80. The average molecular weight is 559 g/mol. The first-order chi connectivity index (χ1) is 18.4. The van der Waals surface area contributed by atoms with Crippen LogP contribution in [-0.4, -0.2) is 74.2 Å². The zero-order chi connectivity index (χ0) is 26.5. The van der Waals surface area contributed by atoms with Crippen molar-refractivity contribution in [3.8, 4) is 0 Å². The van der Waals surface area contributed by atoms with E-state index in [0.717, 1.165) is 68.9 Å². The summed E-state index contributed by atoms with van der Waals surface area (Å²) in [5.41, 5.74) is 1.11. The molecule has 2 N–H and O–H groups in total. The van der Waals surface area contributed by atoms with Crippen LogP contribution in [-0.2, 0) is 14.9 Å². The van der Waals surface area contributed by atoms with Crippen molar-refractivity contribution < 1.29 is 9.47 Å². The average Bonchev–Trinajstić information content (AvgIpc) is 2.92. The minimum Gasteiger partial charge on any atom is -0.381 e. The number of rotatable bonds is 6. The molecule has 1 aromatic carbocycles. The number of piperidine rings is 1. The first-order valence-electron chi connectivity index (χ1n) is 13.8. The summed E-state index contributed by atoms with van der Waals surface area (Å²) in [6.07, 6.45) is 3.05. The Kier molecular flexibility index (Phi) is 8.88. The number of thiocarbonyl (C=S) groups is 1. The van der Waals surface area contributed by atoms with Crippen LogP contribution in [0.4, 0.5) is 17.6 Å². The molecule has 0 spiro atoms. The van der Waals surface area contributed by atoms with Crippen LogP contribution in [0.5, 0.6) is 0 Å². The SMILES string of the molecule is CC1CC(C)CN(c2cc(N3CCOCC3)nc(NC(=S)NCC3(c4cccc(Cl)c4)CCOCC3)n2)C1. The number of hydrogen-bond donors (Lipinski definition) is 2. The summed E-state index contributed by atoms with van der Waals surface area (Å²) >= 11 is 12.1. The first-order valence-corrected chi connectivity index (χ1v) is 14.5. The molecule has 5 rings (SSSR count). The Bertz CT molecular complexity index is 1100. The van der Waals surface area contributed by atoms with Gasteiger partial charge in [-0.2, -0.15) is 9.97 Å². The van der Waals surface area contributed by atoms with Gasteiger partial charge in [0.15, 0.2) is 5.11 Å². The van der Waals surface area contributed by atoms with E-state index in [1.807, 2.05) is 12.1 Å². The molecule has 8 nitrogen and oxygen atoms in total. The van der Waals surface area contributed by atoms with E-state index < -0.39 is 0 Å². The molecule has 3 aliphatic rings. The zero-order valence-electron chi connectivity index (χ0n) is 22.4. The van der Waals surface area contributed by atoms with Crippen LogP contribution in [0.25, 0.3) is 0 Å². The van der Waals surface area contributed by atoms with E-state index in [2.05, 4.69) is 52.5 Å². The number of aromatic nitrogens is 2. The van der Waals surface area contributed by atoms with Crippen molar-refractivity contribution in [3.05, 3.63) is 40.9 Å². The Balaban J connectivity index is 1.33. The highest BCUT2D eigenvalue weighted by Gasteiger charge is 2.35. The van der Waals surface area contributed by atoms with Crippen LogP contribution in [0.3, 0.4) is 0 Å². The molecule has 2 unspecified atom stereocenters. The van der Waals surface area contributed by atoms with Crippen LogP contribution >= 0.6 is 23.8 Å². The Morgan fingerprint density at radius 1 is 1.00 bits per heavy atom. The predicted molar refractivity (Wildman–Crippen MR) is 158 cm³/mol. The van der Waals surface area contributed by atoms with Gasteiger partial charge in [-0.3, -0.25) is 0 Å². The maximum absolute atomic E-state index is 6.35. The molecule has 3 aliphatic heterocycles. The lowest BCUT2D eigenvalue weighted by Gasteiger charge is -2.38. The summed E-state index contributed by atoms with van der Waals surface area (Å²) in [7, 11) is 0. The fraction of sp³-hybridized carbons (Fsp3) is 0.607. The van der Waals surface area contributed by atoms with Crippen molar-refractivity contribution in [3.63, 3.8) is 0 Å². The van der Waals surface area contributed by atoms with Crippen molar-refractivity contribution in [1.29, 1.82) is 0 Å². The highest BCUT2D eigenvalue weighted by Crippen LogP contribution is 2.35. The smallest absolute Gasteiger partial charge is 0.232 e. The standard InChI is InChI=1S/C28H39ClN6O2S/c1-20-14-21(2)18-35(17-20)25-16-24(34-8-12-37-13-9-34)31-26(32-25)33-27(38)30-19-28(6-10-36-11-7-28)22-4-3-5-23(29)15-22/h3-5,15-16,20-21H,6-14,17-19H2,1-2H3,(H2,30,31,32,33,38). The molecule has 0 bridgehead atoms. The van der Waals surface area contributed by atoms with Gasteiger partial charge in [-0.25, -0.2) is 0 Å². The summed E-state index contributed by atoms with van der Waals surface area (Å²) < 4.78 is 11.3. The molecule has 0 radical (unpaired) electrons. The van der Waals surface area contributed by atoms with Crippen molar-refractivity contribution in [2.75, 3.05) is 74.3 Å². The molecule has 0 amide bonds. The Labute approximate surface area is 236 Å². The lowest BCUT2D eigenvalue weighted by atomic mass is 9.74. The molecule has 1 aromatic heterocycles. The Morgan fingerprint density at radius 2 is 1.66 bits per heavy atom. The first kappa shape index (κ1) is 27.4. The minimum absolute atomic E-state index is 0.101. The van der Waals surface area contributed by atoms with Crippen molar-refractivity contribution >= 4 is 46.5 Å². The molecular formula is C28H39ClN6O2S. The second-order valence-corrected chi connectivity index (χ2v) is 11.9. The fourth-order valence-corrected chi connectivity index (χ4v) is 6.34. The fourth-order valence-electron chi connectivity index (χ4n) is 5.99. The van der Waals surface area contributed by atoms with Crippen LogP contribution in [0.15, 0.2) is 30.3 Å². The second-order valence-electron chi connectivity index (χ2n) is 11.1. The molecule has 38 heavy (non-hydrogen) atoms. The van der Waals surface area contributed by atoms with E-state index >= 15 is 0 Å². The highest BCUT2D eigenvalue weighted by atomic mass is 35.5. The van der Waals surface area contributed by atoms with Gasteiger partial charge >= 0.3 is 0 Å². The molecule has 206 valence electrons. The van der Waals surface area contributed by atoms with Gasteiger partial charge in [-0.05, 0) is 61.0 Å².